The minimum atomic E-state index is -1.32. The largest absolute Gasteiger partial charge is 0.342 e. The van der Waals surface area contributed by atoms with Crippen LogP contribution in [0.4, 0.5) is 8.78 Å². The molecule has 2 amide bonds. The minimum absolute atomic E-state index is 0.0454. The van der Waals surface area contributed by atoms with E-state index in [0.29, 0.717) is 22.5 Å². The van der Waals surface area contributed by atoms with E-state index in [1.165, 1.54) is 11.1 Å². The molecular formula is C24H26F2N6O2. The molecule has 0 aliphatic carbocycles. The van der Waals surface area contributed by atoms with E-state index in [9.17, 15) is 18.4 Å². The van der Waals surface area contributed by atoms with Gasteiger partial charge in [-0.15, -0.1) is 5.10 Å². The Kier molecular flexibility index (Phi) is 6.95. The standard InChI is InChI=1S/C24H26F2N6O2/c1-14(2)18-8-9-19(28-23(18)26)22(15-6-4-3-5-7-15)29-24(34)20-10-16(25)13-32(20)21(33)11-17-12-27-31-30-17/h3-9,12,14,16,20,22H,10-11,13H2,1-2H3,(H,29,34)(H,27,30,31)/t16-,20+,22+/m1/s1. The minimum Gasteiger partial charge on any atom is -0.342 e. The second-order valence-corrected chi connectivity index (χ2v) is 8.68. The summed E-state index contributed by atoms with van der Waals surface area (Å²) in [5.74, 6) is -1.58. The highest BCUT2D eigenvalue weighted by molar-refractivity contribution is 5.89. The lowest BCUT2D eigenvalue weighted by atomic mass is 9.99. The molecule has 1 aliphatic rings. The van der Waals surface area contributed by atoms with Crippen LogP contribution in [0.2, 0.25) is 0 Å². The van der Waals surface area contributed by atoms with E-state index in [2.05, 4.69) is 25.7 Å². The number of alkyl halides is 1. The van der Waals surface area contributed by atoms with Gasteiger partial charge in [-0.3, -0.25) is 14.7 Å². The highest BCUT2D eigenvalue weighted by Crippen LogP contribution is 2.27. The first-order valence-corrected chi connectivity index (χ1v) is 11.1. The smallest absolute Gasteiger partial charge is 0.243 e. The lowest BCUT2D eigenvalue weighted by molar-refractivity contribution is -0.138. The van der Waals surface area contributed by atoms with E-state index in [0.717, 1.165) is 0 Å². The van der Waals surface area contributed by atoms with Crippen LogP contribution in [-0.4, -0.2) is 55.9 Å². The van der Waals surface area contributed by atoms with Gasteiger partial charge < -0.3 is 10.2 Å². The van der Waals surface area contributed by atoms with Gasteiger partial charge in [0.25, 0.3) is 0 Å². The molecule has 34 heavy (non-hydrogen) atoms. The zero-order chi connectivity index (χ0) is 24.2. The van der Waals surface area contributed by atoms with Crippen LogP contribution in [0, 0.1) is 5.95 Å². The Morgan fingerprint density at radius 2 is 1.97 bits per heavy atom. The predicted molar refractivity (Wildman–Crippen MR) is 120 cm³/mol. The second kappa shape index (κ2) is 10.1. The van der Waals surface area contributed by atoms with Crippen molar-refractivity contribution in [2.75, 3.05) is 6.54 Å². The Hall–Kier alpha value is -3.69. The van der Waals surface area contributed by atoms with Gasteiger partial charge in [0.15, 0.2) is 0 Å². The van der Waals surface area contributed by atoms with E-state index in [1.807, 2.05) is 19.9 Å². The third-order valence-corrected chi connectivity index (χ3v) is 5.92. The van der Waals surface area contributed by atoms with Crippen LogP contribution < -0.4 is 5.32 Å². The summed E-state index contributed by atoms with van der Waals surface area (Å²) in [4.78, 5) is 31.4. The molecule has 0 radical (unpaired) electrons. The van der Waals surface area contributed by atoms with Crippen LogP contribution in [-0.2, 0) is 16.0 Å². The van der Waals surface area contributed by atoms with Gasteiger partial charge in [-0.2, -0.15) is 4.39 Å². The molecule has 1 aliphatic heterocycles. The summed E-state index contributed by atoms with van der Waals surface area (Å²) in [6.07, 6.45) is -0.109. The van der Waals surface area contributed by atoms with E-state index >= 15 is 0 Å². The summed E-state index contributed by atoms with van der Waals surface area (Å²) < 4.78 is 29.0. The average molecular weight is 469 g/mol. The maximum atomic E-state index is 14.7. The molecule has 0 saturated carbocycles. The molecule has 2 N–H and O–H groups in total. The number of aromatic amines is 1. The van der Waals surface area contributed by atoms with Crippen LogP contribution in [0.5, 0.6) is 0 Å². The molecule has 1 aromatic carbocycles. The van der Waals surface area contributed by atoms with Gasteiger partial charge in [0.1, 0.15) is 12.2 Å². The molecule has 10 heteroatoms. The number of pyridine rings is 1. The number of rotatable bonds is 7. The van der Waals surface area contributed by atoms with Crippen molar-refractivity contribution in [1.82, 2.24) is 30.6 Å². The van der Waals surface area contributed by atoms with Crippen molar-refractivity contribution >= 4 is 11.8 Å². The second-order valence-electron chi connectivity index (χ2n) is 8.68. The van der Waals surface area contributed by atoms with Crippen LogP contribution in [0.15, 0.2) is 48.7 Å². The fourth-order valence-electron chi connectivity index (χ4n) is 4.14. The molecule has 3 heterocycles. The molecule has 0 bridgehead atoms. The Balaban J connectivity index is 1.59. The zero-order valence-corrected chi connectivity index (χ0v) is 18.9. The van der Waals surface area contributed by atoms with Crippen molar-refractivity contribution in [3.63, 3.8) is 0 Å². The van der Waals surface area contributed by atoms with Crippen LogP contribution in [0.3, 0.4) is 0 Å². The van der Waals surface area contributed by atoms with Crippen molar-refractivity contribution in [3.05, 3.63) is 77.1 Å². The number of hydrogen-bond donors (Lipinski definition) is 2. The van der Waals surface area contributed by atoms with Gasteiger partial charge in [0.2, 0.25) is 17.8 Å². The van der Waals surface area contributed by atoms with Crippen molar-refractivity contribution < 1.29 is 18.4 Å². The summed E-state index contributed by atoms with van der Waals surface area (Å²) in [6, 6.07) is 10.6. The number of carbonyl (C=O) groups excluding carboxylic acids is 2. The molecule has 178 valence electrons. The normalized spacial score (nSPS) is 18.8. The molecule has 4 rings (SSSR count). The van der Waals surface area contributed by atoms with Crippen LogP contribution >= 0.6 is 0 Å². The predicted octanol–water partition coefficient (Wildman–Crippen LogP) is 2.85. The molecule has 1 saturated heterocycles. The molecule has 3 atom stereocenters. The van der Waals surface area contributed by atoms with E-state index in [1.54, 1.807) is 36.4 Å². The van der Waals surface area contributed by atoms with E-state index in [4.69, 9.17) is 0 Å². The first kappa shape index (κ1) is 23.5. The molecule has 0 unspecified atom stereocenters. The number of H-pyrrole nitrogens is 1. The Morgan fingerprint density at radius 3 is 2.62 bits per heavy atom. The van der Waals surface area contributed by atoms with E-state index < -0.39 is 36.0 Å². The summed E-state index contributed by atoms with van der Waals surface area (Å²) in [7, 11) is 0. The summed E-state index contributed by atoms with van der Waals surface area (Å²) in [6.45, 7) is 3.56. The monoisotopic (exact) mass is 468 g/mol. The number of hydrogen-bond acceptors (Lipinski definition) is 5. The Labute approximate surface area is 195 Å². The van der Waals surface area contributed by atoms with Crippen molar-refractivity contribution in [3.8, 4) is 0 Å². The number of likely N-dealkylation sites (tertiary alicyclic amines) is 1. The first-order valence-electron chi connectivity index (χ1n) is 11.1. The number of carbonyl (C=O) groups is 2. The first-order chi connectivity index (χ1) is 16.3. The SMILES string of the molecule is CC(C)c1ccc([C@@H](NC(=O)[C@@H]2C[C@@H](F)CN2C(=O)Cc2cnn[nH]2)c2ccccc2)nc1F. The fraction of sp³-hybridized carbons (Fsp3) is 0.375. The van der Waals surface area contributed by atoms with Gasteiger partial charge >= 0.3 is 0 Å². The molecule has 2 aromatic heterocycles. The summed E-state index contributed by atoms with van der Waals surface area (Å²) >= 11 is 0. The van der Waals surface area contributed by atoms with Gasteiger partial charge in [-0.1, -0.05) is 55.5 Å². The summed E-state index contributed by atoms with van der Waals surface area (Å²) in [5.41, 5.74) is 1.95. The lowest BCUT2D eigenvalue weighted by Gasteiger charge is -2.26. The Bertz CT molecular complexity index is 1140. The number of amides is 2. The number of nitrogens with zero attached hydrogens (tertiary/aromatic N) is 4. The molecule has 1 fully saturated rings. The van der Waals surface area contributed by atoms with Crippen molar-refractivity contribution in [2.45, 2.75) is 50.9 Å². The van der Waals surface area contributed by atoms with Crippen molar-refractivity contribution in [2.24, 2.45) is 0 Å². The highest BCUT2D eigenvalue weighted by atomic mass is 19.1. The van der Waals surface area contributed by atoms with Crippen molar-refractivity contribution in [1.29, 1.82) is 0 Å². The topological polar surface area (TPSA) is 104 Å². The Morgan fingerprint density at radius 1 is 1.21 bits per heavy atom. The number of nitrogens with one attached hydrogen (secondary N) is 2. The van der Waals surface area contributed by atoms with Gasteiger partial charge in [0.05, 0.1) is 36.6 Å². The molecule has 8 nitrogen and oxygen atoms in total. The van der Waals surface area contributed by atoms with Crippen LogP contribution in [0.1, 0.15) is 54.7 Å². The lowest BCUT2D eigenvalue weighted by Crippen LogP contribution is -2.47. The highest BCUT2D eigenvalue weighted by Gasteiger charge is 2.40. The average Bonchev–Trinajstić information content (AvgIpc) is 3.47. The zero-order valence-electron chi connectivity index (χ0n) is 18.9. The number of benzene rings is 1. The number of halogens is 2. The van der Waals surface area contributed by atoms with Gasteiger partial charge in [-0.25, -0.2) is 9.37 Å². The maximum absolute atomic E-state index is 14.7. The van der Waals surface area contributed by atoms with Gasteiger partial charge in [-0.05, 0) is 17.5 Å². The third kappa shape index (κ3) is 5.11. The number of aromatic nitrogens is 4. The molecule has 0 spiro atoms. The third-order valence-electron chi connectivity index (χ3n) is 5.92. The molecule has 3 aromatic rings. The van der Waals surface area contributed by atoms with Gasteiger partial charge in [0, 0.05) is 12.0 Å². The fourth-order valence-corrected chi connectivity index (χ4v) is 4.14. The van der Waals surface area contributed by atoms with Crippen LogP contribution in [0.25, 0.3) is 0 Å². The van der Waals surface area contributed by atoms with E-state index in [-0.39, 0.29) is 25.3 Å². The molecular weight excluding hydrogens is 442 g/mol. The maximum Gasteiger partial charge on any atom is 0.243 e. The quantitative estimate of drug-likeness (QED) is 0.519. The summed E-state index contributed by atoms with van der Waals surface area (Å²) in [5, 5.41) is 12.7.